The fraction of sp³-hybridized carbons (Fsp3) is 0.500. The number of aryl methyl sites for hydroxylation is 1. The molecule has 2 aliphatic carbocycles. The van der Waals surface area contributed by atoms with Gasteiger partial charge in [-0.1, -0.05) is 32.0 Å². The number of likely N-dealkylation sites (tertiary alicyclic amines) is 1. The first kappa shape index (κ1) is 24.0. The predicted molar refractivity (Wildman–Crippen MR) is 143 cm³/mol. The Morgan fingerprint density at radius 1 is 1.16 bits per heavy atom. The van der Waals surface area contributed by atoms with Crippen LogP contribution < -0.4 is 5.32 Å². The maximum absolute atomic E-state index is 13.5. The van der Waals surface area contributed by atoms with E-state index in [1.807, 2.05) is 18.7 Å². The van der Waals surface area contributed by atoms with E-state index in [9.17, 15) is 9.59 Å². The Balaban J connectivity index is 1.30. The van der Waals surface area contributed by atoms with Gasteiger partial charge in [0, 0.05) is 6.54 Å². The minimum Gasteiger partial charge on any atom is -0.453 e. The second-order valence-corrected chi connectivity index (χ2v) is 11.4. The van der Waals surface area contributed by atoms with Gasteiger partial charge in [0.1, 0.15) is 11.9 Å². The third kappa shape index (κ3) is 3.99. The van der Waals surface area contributed by atoms with E-state index >= 15 is 0 Å². The maximum atomic E-state index is 13.5. The number of alkyl carbamates (subject to hydrolysis) is 1. The fourth-order valence-corrected chi connectivity index (χ4v) is 6.72. The maximum Gasteiger partial charge on any atom is 0.407 e. The molecule has 0 radical (unpaired) electrons. The van der Waals surface area contributed by atoms with Crippen LogP contribution >= 0.6 is 0 Å². The lowest BCUT2D eigenvalue weighted by Gasteiger charge is -2.31. The number of imidazole rings is 1. The molecule has 2 aromatic carbocycles. The number of methoxy groups -OCH3 is 1. The van der Waals surface area contributed by atoms with Gasteiger partial charge in [-0.3, -0.25) is 4.79 Å². The number of hydrogen-bond donors (Lipinski definition) is 2. The number of carbonyl (C=O) groups excluding carboxylic acids is 2. The van der Waals surface area contributed by atoms with Crippen LogP contribution in [-0.2, 0) is 16.0 Å². The normalized spacial score (nSPS) is 23.1. The standard InChI is InChI=1S/C30H36N4O3/c1-16(2)27(33-30(36)37-4)29(35)34-13-5-6-25(34)28-31-23-12-9-19(15-24(23)32-28)20-10-7-17(3)22-14-18-8-11-21(18)26(20)22/h7,9-10,12,15-16,18,21,25,27H,5-6,8,11,13-14H2,1-4H3,(H,31,32)(H,33,36). The molecule has 6 rings (SSSR count). The number of amides is 2. The Bertz CT molecular complexity index is 1380. The van der Waals surface area contributed by atoms with Crippen LogP contribution in [0.3, 0.4) is 0 Å². The number of hydrogen-bond acceptors (Lipinski definition) is 4. The topological polar surface area (TPSA) is 87.3 Å². The Morgan fingerprint density at radius 2 is 2.00 bits per heavy atom. The number of aromatic nitrogens is 2. The number of carbonyl (C=O) groups is 2. The number of benzene rings is 2. The molecule has 0 spiro atoms. The van der Waals surface area contributed by atoms with E-state index in [-0.39, 0.29) is 17.9 Å². The molecular formula is C30H36N4O3. The average molecular weight is 501 g/mol. The molecule has 2 heterocycles. The van der Waals surface area contributed by atoms with Crippen LogP contribution in [0.15, 0.2) is 30.3 Å². The molecule has 2 amide bonds. The lowest BCUT2D eigenvalue weighted by atomic mass is 9.73. The molecule has 4 unspecified atom stereocenters. The van der Waals surface area contributed by atoms with E-state index in [1.54, 1.807) is 11.1 Å². The van der Waals surface area contributed by atoms with Gasteiger partial charge in [-0.05, 0) is 96.7 Å². The summed E-state index contributed by atoms with van der Waals surface area (Å²) in [5, 5.41) is 2.72. The van der Waals surface area contributed by atoms with Crippen molar-refractivity contribution < 1.29 is 14.3 Å². The molecule has 2 fully saturated rings. The molecular weight excluding hydrogens is 464 g/mol. The van der Waals surface area contributed by atoms with Crippen molar-refractivity contribution in [2.75, 3.05) is 13.7 Å². The lowest BCUT2D eigenvalue weighted by Crippen LogP contribution is -2.51. The summed E-state index contributed by atoms with van der Waals surface area (Å²) in [7, 11) is 1.31. The van der Waals surface area contributed by atoms with Gasteiger partial charge < -0.3 is 19.9 Å². The van der Waals surface area contributed by atoms with Crippen LogP contribution in [0.1, 0.15) is 74.0 Å². The minimum atomic E-state index is -0.636. The zero-order valence-corrected chi connectivity index (χ0v) is 22.1. The van der Waals surface area contributed by atoms with Crippen molar-refractivity contribution in [1.82, 2.24) is 20.2 Å². The van der Waals surface area contributed by atoms with Gasteiger partial charge in [0.25, 0.3) is 0 Å². The molecule has 0 bridgehead atoms. The number of aromatic amines is 1. The largest absolute Gasteiger partial charge is 0.453 e. The third-order valence-corrected chi connectivity index (χ3v) is 8.90. The van der Waals surface area contributed by atoms with E-state index in [4.69, 9.17) is 9.72 Å². The first-order valence-corrected chi connectivity index (χ1v) is 13.6. The summed E-state index contributed by atoms with van der Waals surface area (Å²) >= 11 is 0. The molecule has 2 N–H and O–H groups in total. The Labute approximate surface area is 218 Å². The zero-order chi connectivity index (χ0) is 25.8. The molecule has 194 valence electrons. The Kier molecular flexibility index (Phi) is 5.97. The average Bonchev–Trinajstić information content (AvgIpc) is 3.57. The van der Waals surface area contributed by atoms with Gasteiger partial charge in [0.15, 0.2) is 0 Å². The van der Waals surface area contributed by atoms with Crippen LogP contribution in [-0.4, -0.2) is 46.6 Å². The van der Waals surface area contributed by atoms with Gasteiger partial charge in [0.2, 0.25) is 5.91 Å². The van der Waals surface area contributed by atoms with Crippen molar-refractivity contribution in [3.8, 4) is 11.1 Å². The molecule has 1 aliphatic heterocycles. The van der Waals surface area contributed by atoms with E-state index in [2.05, 4.69) is 47.6 Å². The van der Waals surface area contributed by atoms with Crippen LogP contribution in [0, 0.1) is 18.8 Å². The molecule has 3 aromatic rings. The highest BCUT2D eigenvalue weighted by molar-refractivity contribution is 5.87. The first-order valence-electron chi connectivity index (χ1n) is 13.6. The summed E-state index contributed by atoms with van der Waals surface area (Å²) in [6.45, 7) is 6.76. The van der Waals surface area contributed by atoms with Crippen molar-refractivity contribution in [2.45, 2.75) is 70.9 Å². The number of rotatable bonds is 5. The Hall–Kier alpha value is -3.35. The number of fused-ring (bicyclic) bond motifs is 4. The summed E-state index contributed by atoms with van der Waals surface area (Å²) < 4.78 is 4.75. The van der Waals surface area contributed by atoms with Crippen molar-refractivity contribution in [1.29, 1.82) is 0 Å². The molecule has 4 atom stereocenters. The van der Waals surface area contributed by atoms with E-state index in [1.165, 1.54) is 43.1 Å². The Morgan fingerprint density at radius 3 is 2.73 bits per heavy atom. The van der Waals surface area contributed by atoms with Crippen LogP contribution in [0.25, 0.3) is 22.2 Å². The monoisotopic (exact) mass is 500 g/mol. The van der Waals surface area contributed by atoms with E-state index in [0.29, 0.717) is 12.5 Å². The molecule has 1 aromatic heterocycles. The first-order chi connectivity index (χ1) is 17.9. The zero-order valence-electron chi connectivity index (χ0n) is 22.1. The highest BCUT2D eigenvalue weighted by atomic mass is 16.5. The fourth-order valence-electron chi connectivity index (χ4n) is 6.72. The molecule has 1 saturated carbocycles. The minimum absolute atomic E-state index is 0.0578. The van der Waals surface area contributed by atoms with Crippen molar-refractivity contribution in [2.24, 2.45) is 11.8 Å². The van der Waals surface area contributed by atoms with Crippen molar-refractivity contribution in [3.63, 3.8) is 0 Å². The van der Waals surface area contributed by atoms with Crippen molar-refractivity contribution in [3.05, 3.63) is 52.8 Å². The molecule has 7 heteroatoms. The summed E-state index contributed by atoms with van der Waals surface area (Å²) in [4.78, 5) is 35.7. The number of nitrogens with one attached hydrogen (secondary N) is 2. The summed E-state index contributed by atoms with van der Waals surface area (Å²) in [6, 6.07) is 10.3. The van der Waals surface area contributed by atoms with Crippen molar-refractivity contribution >= 4 is 23.0 Å². The van der Waals surface area contributed by atoms with Gasteiger partial charge in [0.05, 0.1) is 24.2 Å². The van der Waals surface area contributed by atoms with Gasteiger partial charge in [-0.2, -0.15) is 0 Å². The van der Waals surface area contributed by atoms with Gasteiger partial charge in [-0.15, -0.1) is 0 Å². The van der Waals surface area contributed by atoms with Crippen LogP contribution in [0.5, 0.6) is 0 Å². The van der Waals surface area contributed by atoms with Gasteiger partial charge in [-0.25, -0.2) is 9.78 Å². The third-order valence-electron chi connectivity index (χ3n) is 8.90. The van der Waals surface area contributed by atoms with E-state index in [0.717, 1.165) is 35.6 Å². The van der Waals surface area contributed by atoms with E-state index < -0.39 is 12.1 Å². The quantitative estimate of drug-likeness (QED) is 0.475. The smallest absolute Gasteiger partial charge is 0.407 e. The highest BCUT2D eigenvalue weighted by Gasteiger charge is 2.41. The number of nitrogens with zero attached hydrogens (tertiary/aromatic N) is 2. The molecule has 37 heavy (non-hydrogen) atoms. The molecule has 7 nitrogen and oxygen atoms in total. The second kappa shape index (κ2) is 9.19. The predicted octanol–water partition coefficient (Wildman–Crippen LogP) is 5.63. The highest BCUT2D eigenvalue weighted by Crippen LogP contribution is 2.54. The summed E-state index contributed by atoms with van der Waals surface area (Å²) in [5.74, 6) is 2.20. The molecule has 3 aliphatic rings. The second-order valence-electron chi connectivity index (χ2n) is 11.4. The summed E-state index contributed by atoms with van der Waals surface area (Å²) in [5.41, 5.74) is 9.06. The molecule has 1 saturated heterocycles. The SMILES string of the molecule is COC(=O)NC(C(=O)N1CCCC1c1nc2ccc(-c3ccc(C)c4c3C3CCC3C4)cc2[nH]1)C(C)C. The van der Waals surface area contributed by atoms with Gasteiger partial charge >= 0.3 is 6.09 Å². The number of H-pyrrole nitrogens is 1. The van der Waals surface area contributed by atoms with Crippen LogP contribution in [0.2, 0.25) is 0 Å². The van der Waals surface area contributed by atoms with Crippen LogP contribution in [0.4, 0.5) is 4.79 Å². The summed E-state index contributed by atoms with van der Waals surface area (Å²) in [6.07, 6.45) is 5.04. The number of ether oxygens (including phenoxy) is 1. The lowest BCUT2D eigenvalue weighted by molar-refractivity contribution is -0.135.